The molecule has 5 rings (SSSR count). The molecule has 29 heavy (non-hydrogen) atoms. The number of fused-ring (bicyclic) bond motifs is 4. The van der Waals surface area contributed by atoms with E-state index in [0.717, 1.165) is 16.6 Å². The highest BCUT2D eigenvalue weighted by Crippen LogP contribution is 2.27. The van der Waals surface area contributed by atoms with E-state index in [1.165, 1.54) is 0 Å². The predicted molar refractivity (Wildman–Crippen MR) is 120 cm³/mol. The lowest BCUT2D eigenvalue weighted by molar-refractivity contribution is 0.323. The summed E-state index contributed by atoms with van der Waals surface area (Å²) in [4.78, 5) is 35.3. The van der Waals surface area contributed by atoms with Crippen molar-refractivity contribution in [1.82, 2.24) is 14.9 Å². The Morgan fingerprint density at radius 1 is 0.724 bits per heavy atom. The van der Waals surface area contributed by atoms with Crippen molar-refractivity contribution in [3.63, 3.8) is 0 Å². The normalized spacial score (nSPS) is 13.1. The molecule has 0 fully saturated rings. The summed E-state index contributed by atoms with van der Waals surface area (Å²) in [5, 5.41) is 2.49. The average Bonchev–Trinajstić information content (AvgIpc) is 2.72. The predicted octanol–water partition coefficient (Wildman–Crippen LogP) is 4.30. The third-order valence-corrected chi connectivity index (χ3v) is 5.91. The van der Waals surface area contributed by atoms with Crippen molar-refractivity contribution in [2.45, 2.75) is 13.0 Å². The zero-order valence-electron chi connectivity index (χ0n) is 16.5. The summed E-state index contributed by atoms with van der Waals surface area (Å²) in [5.74, 6) is 0. The molecule has 0 aliphatic carbocycles. The number of aromatic nitrogens is 2. The number of hydrogen-bond acceptors (Lipinski definition) is 3. The molecule has 0 spiro atoms. The summed E-state index contributed by atoms with van der Waals surface area (Å²) in [6, 6.07) is 17.0. The van der Waals surface area contributed by atoms with Crippen LogP contribution in [0.15, 0.2) is 64.2 Å². The Labute approximate surface area is 166 Å². The molecule has 2 heterocycles. The Kier molecular flexibility index (Phi) is 3.83. The van der Waals surface area contributed by atoms with Crippen molar-refractivity contribution in [1.29, 1.82) is 0 Å². The fraction of sp³-hybridized carbons (Fsp3) is 0.167. The van der Waals surface area contributed by atoms with Crippen molar-refractivity contribution >= 4 is 43.6 Å². The first-order chi connectivity index (χ1) is 14.0. The van der Waals surface area contributed by atoms with Gasteiger partial charge in [-0.3, -0.25) is 9.59 Å². The molecule has 1 unspecified atom stereocenters. The van der Waals surface area contributed by atoms with Gasteiger partial charge in [0, 0.05) is 27.7 Å². The lowest BCUT2D eigenvalue weighted by Gasteiger charge is -2.21. The topological polar surface area (TPSA) is 69.0 Å². The van der Waals surface area contributed by atoms with Gasteiger partial charge in [-0.25, -0.2) is 0 Å². The highest BCUT2D eigenvalue weighted by Gasteiger charge is 2.16. The molecule has 3 aromatic carbocycles. The Morgan fingerprint density at radius 2 is 1.34 bits per heavy atom. The van der Waals surface area contributed by atoms with E-state index >= 15 is 0 Å². The molecule has 2 aromatic heterocycles. The van der Waals surface area contributed by atoms with E-state index in [0.29, 0.717) is 32.6 Å². The van der Waals surface area contributed by atoms with E-state index in [9.17, 15) is 9.59 Å². The van der Waals surface area contributed by atoms with Gasteiger partial charge in [-0.1, -0.05) is 24.3 Å². The minimum absolute atomic E-state index is 0.0195. The van der Waals surface area contributed by atoms with Gasteiger partial charge in [0.2, 0.25) is 0 Å². The van der Waals surface area contributed by atoms with Gasteiger partial charge < -0.3 is 14.9 Å². The summed E-state index contributed by atoms with van der Waals surface area (Å²) >= 11 is 0. The van der Waals surface area contributed by atoms with Crippen LogP contribution in [0, 0.1) is 0 Å². The second kappa shape index (κ2) is 6.29. The molecule has 0 saturated heterocycles. The quantitative estimate of drug-likeness (QED) is 0.447. The van der Waals surface area contributed by atoms with Gasteiger partial charge >= 0.3 is 0 Å². The van der Waals surface area contributed by atoms with Crippen LogP contribution in [0.4, 0.5) is 0 Å². The number of benzene rings is 3. The number of H-pyrrole nitrogens is 2. The molecule has 0 radical (unpaired) electrons. The maximum absolute atomic E-state index is 13.5. The minimum atomic E-state index is -0.0350. The smallest absolute Gasteiger partial charge is 0.197 e. The van der Waals surface area contributed by atoms with E-state index in [-0.39, 0.29) is 16.9 Å². The van der Waals surface area contributed by atoms with Crippen molar-refractivity contribution in [2.24, 2.45) is 0 Å². The van der Waals surface area contributed by atoms with Crippen molar-refractivity contribution < 1.29 is 0 Å². The Balaban J connectivity index is 1.93. The molecule has 0 aliphatic heterocycles. The van der Waals surface area contributed by atoms with Crippen LogP contribution >= 0.6 is 0 Å². The Bertz CT molecular complexity index is 1540. The summed E-state index contributed by atoms with van der Waals surface area (Å²) in [6.45, 7) is 2.09. The zero-order valence-corrected chi connectivity index (χ0v) is 16.5. The molecule has 5 nitrogen and oxygen atoms in total. The lowest BCUT2D eigenvalue weighted by Crippen LogP contribution is -2.19. The summed E-state index contributed by atoms with van der Waals surface area (Å²) in [7, 11) is 4.00. The van der Waals surface area contributed by atoms with Crippen LogP contribution in [0.1, 0.15) is 18.5 Å². The standard InChI is InChI=1S/C24H21N3O2/c1-13(27(2)3)14-8-6-10-19-22(14)24(29)17-12-20-16(11-21(17)26-19)23(28)15-7-4-5-9-18(15)25-20/h4-13H,1-3H3,(H,25,28)(H,26,29). The zero-order chi connectivity index (χ0) is 20.3. The number of nitrogens with one attached hydrogen (secondary N) is 2. The molecular formula is C24H21N3O2. The second-order valence-corrected chi connectivity index (χ2v) is 7.81. The van der Waals surface area contributed by atoms with E-state index < -0.39 is 0 Å². The SMILES string of the molecule is CC(c1cccc2[nH]c3cc4c(=O)c5ccccc5[nH]c4cc3c(=O)c12)N(C)C. The number of pyridine rings is 2. The van der Waals surface area contributed by atoms with Crippen LogP contribution in [-0.4, -0.2) is 29.0 Å². The highest BCUT2D eigenvalue weighted by atomic mass is 16.1. The number of para-hydroxylation sites is 1. The summed E-state index contributed by atoms with van der Waals surface area (Å²) in [5.41, 5.74) is 3.83. The van der Waals surface area contributed by atoms with Gasteiger partial charge in [0.05, 0.1) is 21.9 Å². The first kappa shape index (κ1) is 17.6. The molecule has 1 atom stereocenters. The third-order valence-electron chi connectivity index (χ3n) is 5.91. The second-order valence-electron chi connectivity index (χ2n) is 7.81. The van der Waals surface area contributed by atoms with Crippen LogP contribution in [-0.2, 0) is 0 Å². The van der Waals surface area contributed by atoms with Crippen LogP contribution in [0.2, 0.25) is 0 Å². The van der Waals surface area contributed by atoms with Crippen molar-refractivity contribution in [3.8, 4) is 0 Å². The van der Waals surface area contributed by atoms with Gasteiger partial charge in [-0.15, -0.1) is 0 Å². The first-order valence-electron chi connectivity index (χ1n) is 9.65. The molecule has 0 amide bonds. The van der Waals surface area contributed by atoms with Crippen LogP contribution in [0.25, 0.3) is 43.6 Å². The van der Waals surface area contributed by atoms with Gasteiger partial charge in [0.1, 0.15) is 0 Å². The molecule has 144 valence electrons. The van der Waals surface area contributed by atoms with Crippen LogP contribution in [0.3, 0.4) is 0 Å². The largest absolute Gasteiger partial charge is 0.354 e. The Hall–Kier alpha value is -3.44. The van der Waals surface area contributed by atoms with Crippen LogP contribution < -0.4 is 10.9 Å². The molecule has 2 N–H and O–H groups in total. The van der Waals surface area contributed by atoms with Gasteiger partial charge in [0.25, 0.3) is 0 Å². The maximum Gasteiger partial charge on any atom is 0.197 e. The van der Waals surface area contributed by atoms with E-state index in [4.69, 9.17) is 0 Å². The summed E-state index contributed by atoms with van der Waals surface area (Å²) in [6.07, 6.45) is 0. The fourth-order valence-electron chi connectivity index (χ4n) is 4.10. The average molecular weight is 383 g/mol. The molecule has 5 heteroatoms. The fourth-order valence-corrected chi connectivity index (χ4v) is 4.10. The maximum atomic E-state index is 13.5. The summed E-state index contributed by atoms with van der Waals surface area (Å²) < 4.78 is 0. The molecule has 0 aliphatic rings. The Morgan fingerprint density at radius 3 is 2.07 bits per heavy atom. The third kappa shape index (κ3) is 2.58. The van der Waals surface area contributed by atoms with Crippen molar-refractivity contribution in [2.75, 3.05) is 14.1 Å². The highest BCUT2D eigenvalue weighted by molar-refractivity contribution is 6.03. The number of hydrogen-bond donors (Lipinski definition) is 2. The van der Waals surface area contributed by atoms with E-state index in [2.05, 4.69) is 21.8 Å². The number of nitrogens with zero attached hydrogens (tertiary/aromatic N) is 1. The minimum Gasteiger partial charge on any atom is -0.354 e. The molecule has 0 bridgehead atoms. The molecule has 5 aromatic rings. The monoisotopic (exact) mass is 383 g/mol. The lowest BCUT2D eigenvalue weighted by atomic mass is 9.99. The van der Waals surface area contributed by atoms with E-state index in [1.54, 1.807) is 12.1 Å². The van der Waals surface area contributed by atoms with Crippen molar-refractivity contribution in [3.05, 3.63) is 80.6 Å². The number of rotatable bonds is 2. The van der Waals surface area contributed by atoms with Gasteiger partial charge in [0.15, 0.2) is 10.9 Å². The molecule has 0 saturated carbocycles. The molecular weight excluding hydrogens is 362 g/mol. The number of aromatic amines is 2. The van der Waals surface area contributed by atoms with Gasteiger partial charge in [-0.05, 0) is 56.9 Å². The van der Waals surface area contributed by atoms with Gasteiger partial charge in [-0.2, -0.15) is 0 Å². The first-order valence-corrected chi connectivity index (χ1v) is 9.65. The van der Waals surface area contributed by atoms with Crippen LogP contribution in [0.5, 0.6) is 0 Å². The van der Waals surface area contributed by atoms with E-state index in [1.807, 2.05) is 56.6 Å².